The summed E-state index contributed by atoms with van der Waals surface area (Å²) >= 11 is 0.981. The Hall–Kier alpha value is -3.05. The summed E-state index contributed by atoms with van der Waals surface area (Å²) < 4.78 is 5.94. The zero-order valence-corrected chi connectivity index (χ0v) is 16.2. The largest absolute Gasteiger partial charge is 0.489 e. The van der Waals surface area contributed by atoms with Gasteiger partial charge < -0.3 is 4.74 Å². The van der Waals surface area contributed by atoms with Crippen molar-refractivity contribution >= 4 is 39.8 Å². The number of thioether (sulfide) groups is 1. The maximum Gasteiger partial charge on any atom is 0.293 e. The Balaban J connectivity index is 1.46. The minimum absolute atomic E-state index is 0.214. The number of ether oxygens (including phenoxy) is 1. The maximum atomic E-state index is 12.2. The van der Waals surface area contributed by atoms with Crippen molar-refractivity contribution in [3.63, 3.8) is 0 Å². The van der Waals surface area contributed by atoms with Gasteiger partial charge in [-0.1, -0.05) is 54.6 Å². The lowest BCUT2D eigenvalue weighted by Crippen LogP contribution is -2.27. The summed E-state index contributed by atoms with van der Waals surface area (Å²) in [5.41, 5.74) is 1.99. The molecule has 0 unspecified atom stereocenters. The van der Waals surface area contributed by atoms with Crippen molar-refractivity contribution in [1.29, 1.82) is 0 Å². The highest BCUT2D eigenvalue weighted by molar-refractivity contribution is 8.18. The summed E-state index contributed by atoms with van der Waals surface area (Å²) in [6.07, 6.45) is 1.75. The number of amides is 2. The van der Waals surface area contributed by atoms with E-state index < -0.39 is 0 Å². The molecular weight excluding hydrogens is 370 g/mol. The van der Waals surface area contributed by atoms with Crippen molar-refractivity contribution in [2.24, 2.45) is 0 Å². The smallest absolute Gasteiger partial charge is 0.293 e. The lowest BCUT2D eigenvalue weighted by Gasteiger charge is -2.09. The van der Waals surface area contributed by atoms with E-state index in [2.05, 4.69) is 24.3 Å². The van der Waals surface area contributed by atoms with E-state index in [4.69, 9.17) is 4.74 Å². The number of benzene rings is 3. The van der Waals surface area contributed by atoms with E-state index >= 15 is 0 Å². The standard InChI is InChI=1S/C23H19NO3S/c1-2-24-22(25)21(28-23(24)26)14-16-10-12-19(13-11-16)27-15-18-8-5-7-17-6-3-4-9-20(17)18/h3-14H,2,15H2,1H3/b21-14+. The van der Waals surface area contributed by atoms with Crippen LogP contribution in [0.4, 0.5) is 4.79 Å². The molecule has 0 atom stereocenters. The van der Waals surface area contributed by atoms with E-state index in [-0.39, 0.29) is 11.1 Å². The Morgan fingerprint density at radius 2 is 1.71 bits per heavy atom. The molecule has 0 N–H and O–H groups in total. The van der Waals surface area contributed by atoms with Gasteiger partial charge in [0.1, 0.15) is 12.4 Å². The number of hydrogen-bond donors (Lipinski definition) is 0. The van der Waals surface area contributed by atoms with Gasteiger partial charge in [0.15, 0.2) is 0 Å². The summed E-state index contributed by atoms with van der Waals surface area (Å²) in [6.45, 7) is 2.67. The molecule has 3 aromatic carbocycles. The van der Waals surface area contributed by atoms with Crippen molar-refractivity contribution in [3.05, 3.63) is 82.8 Å². The quantitative estimate of drug-likeness (QED) is 0.543. The van der Waals surface area contributed by atoms with Gasteiger partial charge in [0.2, 0.25) is 0 Å². The van der Waals surface area contributed by atoms with Crippen molar-refractivity contribution in [1.82, 2.24) is 4.90 Å². The van der Waals surface area contributed by atoms with Crippen LogP contribution in [-0.4, -0.2) is 22.6 Å². The number of hydrogen-bond acceptors (Lipinski definition) is 4. The van der Waals surface area contributed by atoms with E-state index in [1.807, 2.05) is 42.5 Å². The summed E-state index contributed by atoms with van der Waals surface area (Å²) in [6, 6.07) is 22.0. The van der Waals surface area contributed by atoms with Crippen LogP contribution in [0.1, 0.15) is 18.1 Å². The Bertz CT molecular complexity index is 1070. The third kappa shape index (κ3) is 3.66. The van der Waals surface area contributed by atoms with Gasteiger partial charge in [-0.15, -0.1) is 0 Å². The average Bonchev–Trinajstić information content (AvgIpc) is 2.99. The lowest BCUT2D eigenvalue weighted by atomic mass is 10.1. The molecular formula is C23H19NO3S. The SMILES string of the molecule is CCN1C(=O)S/C(=C/c2ccc(OCc3cccc4ccccc34)cc2)C1=O. The molecule has 2 amide bonds. The molecule has 0 aromatic heterocycles. The van der Waals surface area contributed by atoms with Gasteiger partial charge in [-0.05, 0) is 58.8 Å². The molecule has 0 radical (unpaired) electrons. The minimum Gasteiger partial charge on any atom is -0.489 e. The molecule has 4 nitrogen and oxygen atoms in total. The lowest BCUT2D eigenvalue weighted by molar-refractivity contribution is -0.122. The minimum atomic E-state index is -0.228. The maximum absolute atomic E-state index is 12.2. The van der Waals surface area contributed by atoms with Crippen LogP contribution in [0.25, 0.3) is 16.8 Å². The number of imide groups is 1. The van der Waals surface area contributed by atoms with Crippen LogP contribution in [0.3, 0.4) is 0 Å². The van der Waals surface area contributed by atoms with Gasteiger partial charge in [-0.3, -0.25) is 14.5 Å². The van der Waals surface area contributed by atoms with Crippen molar-refractivity contribution in [3.8, 4) is 5.75 Å². The van der Waals surface area contributed by atoms with Gasteiger partial charge >= 0.3 is 0 Å². The zero-order chi connectivity index (χ0) is 19.5. The molecule has 140 valence electrons. The molecule has 5 heteroatoms. The summed E-state index contributed by atoms with van der Waals surface area (Å²) in [7, 11) is 0. The molecule has 0 spiro atoms. The highest BCUT2D eigenvalue weighted by Gasteiger charge is 2.33. The van der Waals surface area contributed by atoms with E-state index in [0.29, 0.717) is 18.1 Å². The molecule has 3 aromatic rings. The van der Waals surface area contributed by atoms with Gasteiger partial charge in [0, 0.05) is 6.54 Å². The molecule has 0 saturated carbocycles. The Morgan fingerprint density at radius 3 is 2.46 bits per heavy atom. The predicted molar refractivity (Wildman–Crippen MR) is 113 cm³/mol. The van der Waals surface area contributed by atoms with Gasteiger partial charge in [-0.2, -0.15) is 0 Å². The van der Waals surface area contributed by atoms with E-state index in [1.54, 1.807) is 13.0 Å². The number of carbonyl (C=O) groups excluding carboxylic acids is 2. The van der Waals surface area contributed by atoms with Crippen LogP contribution in [0, 0.1) is 0 Å². The fourth-order valence-corrected chi connectivity index (χ4v) is 4.07. The van der Waals surface area contributed by atoms with Gasteiger partial charge in [-0.25, -0.2) is 0 Å². The number of nitrogens with zero attached hydrogens (tertiary/aromatic N) is 1. The van der Waals surface area contributed by atoms with Gasteiger partial charge in [0.25, 0.3) is 11.1 Å². The normalized spacial score (nSPS) is 15.6. The molecule has 0 bridgehead atoms. The third-order valence-electron chi connectivity index (χ3n) is 4.64. The number of fused-ring (bicyclic) bond motifs is 1. The highest BCUT2D eigenvalue weighted by atomic mass is 32.2. The molecule has 1 saturated heterocycles. The number of carbonyl (C=O) groups is 2. The Kier molecular flexibility index (Phi) is 5.17. The van der Waals surface area contributed by atoms with E-state index in [9.17, 15) is 9.59 Å². The molecule has 1 aliphatic heterocycles. The predicted octanol–water partition coefficient (Wildman–Crippen LogP) is 5.48. The second kappa shape index (κ2) is 7.90. The first kappa shape index (κ1) is 18.3. The molecule has 0 aliphatic carbocycles. The second-order valence-corrected chi connectivity index (χ2v) is 7.42. The van der Waals surface area contributed by atoms with Crippen LogP contribution < -0.4 is 4.74 Å². The number of rotatable bonds is 5. The summed E-state index contributed by atoms with van der Waals surface area (Å²) in [5.74, 6) is 0.528. The van der Waals surface area contributed by atoms with Crippen LogP contribution >= 0.6 is 11.8 Å². The fraction of sp³-hybridized carbons (Fsp3) is 0.130. The third-order valence-corrected chi connectivity index (χ3v) is 5.55. The Labute approximate surface area is 167 Å². The second-order valence-electron chi connectivity index (χ2n) is 6.42. The molecule has 1 fully saturated rings. The van der Waals surface area contributed by atoms with Crippen LogP contribution in [0.15, 0.2) is 71.6 Å². The molecule has 28 heavy (non-hydrogen) atoms. The number of likely N-dealkylation sites (N-methyl/N-ethyl adjacent to an activating group) is 1. The monoisotopic (exact) mass is 389 g/mol. The van der Waals surface area contributed by atoms with Crippen LogP contribution in [-0.2, 0) is 11.4 Å². The summed E-state index contributed by atoms with van der Waals surface area (Å²) in [5, 5.41) is 2.17. The Morgan fingerprint density at radius 1 is 0.964 bits per heavy atom. The topological polar surface area (TPSA) is 46.6 Å². The van der Waals surface area contributed by atoms with E-state index in [1.165, 1.54) is 15.7 Å². The zero-order valence-electron chi connectivity index (χ0n) is 15.4. The average molecular weight is 389 g/mol. The van der Waals surface area contributed by atoms with Crippen LogP contribution in [0.2, 0.25) is 0 Å². The first-order valence-corrected chi connectivity index (χ1v) is 9.92. The fourth-order valence-electron chi connectivity index (χ4n) is 3.16. The molecule has 4 rings (SSSR count). The molecule has 1 heterocycles. The summed E-state index contributed by atoms with van der Waals surface area (Å²) in [4.78, 5) is 25.7. The highest BCUT2D eigenvalue weighted by Crippen LogP contribution is 2.32. The van der Waals surface area contributed by atoms with Crippen molar-refractivity contribution < 1.29 is 14.3 Å². The van der Waals surface area contributed by atoms with E-state index in [0.717, 1.165) is 28.6 Å². The molecule has 1 aliphatic rings. The first-order chi connectivity index (χ1) is 13.7. The van der Waals surface area contributed by atoms with Crippen molar-refractivity contribution in [2.75, 3.05) is 6.54 Å². The van der Waals surface area contributed by atoms with Gasteiger partial charge in [0.05, 0.1) is 4.91 Å². The van der Waals surface area contributed by atoms with Crippen LogP contribution in [0.5, 0.6) is 5.75 Å². The van der Waals surface area contributed by atoms with Crippen molar-refractivity contribution in [2.45, 2.75) is 13.5 Å². The first-order valence-electron chi connectivity index (χ1n) is 9.10.